The Hall–Kier alpha value is -2.76. The molecule has 5 nitrogen and oxygen atoms in total. The van der Waals surface area contributed by atoms with Crippen LogP contribution in [0.1, 0.15) is 15.9 Å². The SMILES string of the molecule is Nc1cc(F)ccc1C(=O)NCc1ccc2c(c1)OCO2. The number of nitrogen functional groups attached to an aromatic ring is 1. The Morgan fingerprint density at radius 2 is 2.00 bits per heavy atom. The van der Waals surface area contributed by atoms with Gasteiger partial charge in [-0.1, -0.05) is 6.07 Å². The number of nitrogens with two attached hydrogens (primary N) is 1. The average molecular weight is 288 g/mol. The predicted octanol–water partition coefficient (Wildman–Crippen LogP) is 2.07. The number of ether oxygens (including phenoxy) is 2. The van der Waals surface area contributed by atoms with Crippen LogP contribution in [0, 0.1) is 5.82 Å². The van der Waals surface area contributed by atoms with Crippen molar-refractivity contribution in [2.75, 3.05) is 12.5 Å². The lowest BCUT2D eigenvalue weighted by Crippen LogP contribution is -2.23. The van der Waals surface area contributed by atoms with Crippen LogP contribution in [0.2, 0.25) is 0 Å². The number of hydrogen-bond donors (Lipinski definition) is 2. The van der Waals surface area contributed by atoms with E-state index in [4.69, 9.17) is 15.2 Å². The number of carbonyl (C=O) groups is 1. The summed E-state index contributed by atoms with van der Waals surface area (Å²) in [4.78, 5) is 12.0. The van der Waals surface area contributed by atoms with Crippen molar-refractivity contribution in [3.05, 3.63) is 53.3 Å². The third-order valence-corrected chi connectivity index (χ3v) is 3.15. The fourth-order valence-electron chi connectivity index (χ4n) is 2.07. The van der Waals surface area contributed by atoms with Crippen molar-refractivity contribution in [3.8, 4) is 11.5 Å². The molecule has 6 heteroatoms. The van der Waals surface area contributed by atoms with E-state index in [9.17, 15) is 9.18 Å². The smallest absolute Gasteiger partial charge is 0.253 e. The molecule has 2 aromatic rings. The topological polar surface area (TPSA) is 73.6 Å². The first-order chi connectivity index (χ1) is 10.1. The second kappa shape index (κ2) is 5.32. The van der Waals surface area contributed by atoms with E-state index < -0.39 is 5.82 Å². The summed E-state index contributed by atoms with van der Waals surface area (Å²) >= 11 is 0. The van der Waals surface area contributed by atoms with Crippen LogP contribution in [0.15, 0.2) is 36.4 Å². The molecule has 0 bridgehead atoms. The molecule has 3 N–H and O–H groups in total. The fraction of sp³-hybridized carbons (Fsp3) is 0.133. The van der Waals surface area contributed by atoms with Crippen LogP contribution in [0.25, 0.3) is 0 Å². The summed E-state index contributed by atoms with van der Waals surface area (Å²) in [6, 6.07) is 9.11. The van der Waals surface area contributed by atoms with E-state index in [1.807, 2.05) is 6.07 Å². The van der Waals surface area contributed by atoms with Gasteiger partial charge in [0, 0.05) is 12.2 Å². The molecule has 0 aromatic heterocycles. The Morgan fingerprint density at radius 1 is 1.19 bits per heavy atom. The van der Waals surface area contributed by atoms with E-state index >= 15 is 0 Å². The van der Waals surface area contributed by atoms with Gasteiger partial charge in [-0.15, -0.1) is 0 Å². The Morgan fingerprint density at radius 3 is 2.81 bits per heavy atom. The largest absolute Gasteiger partial charge is 0.454 e. The quantitative estimate of drug-likeness (QED) is 0.848. The maximum atomic E-state index is 13.0. The van der Waals surface area contributed by atoms with Gasteiger partial charge in [0.2, 0.25) is 6.79 Å². The molecule has 0 spiro atoms. The summed E-state index contributed by atoms with van der Waals surface area (Å²) < 4.78 is 23.4. The number of amides is 1. The standard InChI is InChI=1S/C15H13FN2O3/c16-10-2-3-11(12(17)6-10)15(19)18-7-9-1-4-13-14(5-9)21-8-20-13/h1-6H,7-8,17H2,(H,18,19). The summed E-state index contributed by atoms with van der Waals surface area (Å²) in [7, 11) is 0. The van der Waals surface area contributed by atoms with Gasteiger partial charge in [-0.3, -0.25) is 4.79 Å². The molecule has 1 aliphatic heterocycles. The second-order valence-electron chi connectivity index (χ2n) is 4.60. The van der Waals surface area contributed by atoms with Gasteiger partial charge in [0.05, 0.1) is 5.56 Å². The molecule has 3 rings (SSSR count). The highest BCUT2D eigenvalue weighted by Gasteiger charge is 2.14. The molecule has 2 aromatic carbocycles. The lowest BCUT2D eigenvalue weighted by Gasteiger charge is -2.08. The molecule has 0 atom stereocenters. The summed E-state index contributed by atoms with van der Waals surface area (Å²) in [5.74, 6) is 0.515. The van der Waals surface area contributed by atoms with Gasteiger partial charge in [-0.25, -0.2) is 4.39 Å². The zero-order chi connectivity index (χ0) is 14.8. The van der Waals surface area contributed by atoms with Gasteiger partial charge in [0.25, 0.3) is 5.91 Å². The molecular formula is C15H13FN2O3. The molecule has 0 saturated carbocycles. The van der Waals surface area contributed by atoms with E-state index in [1.165, 1.54) is 12.1 Å². The molecular weight excluding hydrogens is 275 g/mol. The molecule has 0 aliphatic carbocycles. The molecule has 1 amide bonds. The Bertz CT molecular complexity index is 703. The van der Waals surface area contributed by atoms with E-state index in [1.54, 1.807) is 12.1 Å². The zero-order valence-corrected chi connectivity index (χ0v) is 11.1. The molecule has 1 heterocycles. The van der Waals surface area contributed by atoms with Crippen molar-refractivity contribution in [1.82, 2.24) is 5.32 Å². The highest BCUT2D eigenvalue weighted by molar-refractivity contribution is 5.99. The van der Waals surface area contributed by atoms with E-state index in [0.29, 0.717) is 18.0 Å². The van der Waals surface area contributed by atoms with E-state index in [0.717, 1.165) is 11.6 Å². The molecule has 0 unspecified atom stereocenters. The molecule has 0 fully saturated rings. The Balaban J connectivity index is 1.68. The van der Waals surface area contributed by atoms with Crippen LogP contribution in [0.5, 0.6) is 11.5 Å². The first kappa shape index (κ1) is 13.2. The van der Waals surface area contributed by atoms with Crippen LogP contribution in [-0.2, 0) is 6.54 Å². The van der Waals surface area contributed by atoms with Crippen LogP contribution in [0.4, 0.5) is 10.1 Å². The van der Waals surface area contributed by atoms with Crippen molar-refractivity contribution in [2.24, 2.45) is 0 Å². The van der Waals surface area contributed by atoms with Gasteiger partial charge in [-0.05, 0) is 35.9 Å². The first-order valence-electron chi connectivity index (χ1n) is 6.35. The van der Waals surface area contributed by atoms with Crippen molar-refractivity contribution in [3.63, 3.8) is 0 Å². The summed E-state index contributed by atoms with van der Waals surface area (Å²) in [6.07, 6.45) is 0. The summed E-state index contributed by atoms with van der Waals surface area (Å²) in [5, 5.41) is 2.73. The van der Waals surface area contributed by atoms with Gasteiger partial charge >= 0.3 is 0 Å². The number of benzene rings is 2. The Labute approximate surface area is 120 Å². The number of hydrogen-bond acceptors (Lipinski definition) is 4. The summed E-state index contributed by atoms with van der Waals surface area (Å²) in [6.45, 7) is 0.517. The minimum absolute atomic E-state index is 0.109. The van der Waals surface area contributed by atoms with E-state index in [-0.39, 0.29) is 24.0 Å². The minimum atomic E-state index is -0.472. The minimum Gasteiger partial charge on any atom is -0.454 e. The fourth-order valence-corrected chi connectivity index (χ4v) is 2.07. The normalized spacial score (nSPS) is 12.2. The van der Waals surface area contributed by atoms with Crippen molar-refractivity contribution in [2.45, 2.75) is 6.54 Å². The number of carbonyl (C=O) groups excluding carboxylic acids is 1. The van der Waals surface area contributed by atoms with Gasteiger partial charge in [-0.2, -0.15) is 0 Å². The first-order valence-corrected chi connectivity index (χ1v) is 6.35. The average Bonchev–Trinajstić information content (AvgIpc) is 2.92. The third kappa shape index (κ3) is 2.74. The predicted molar refractivity (Wildman–Crippen MR) is 74.5 cm³/mol. The third-order valence-electron chi connectivity index (χ3n) is 3.15. The van der Waals surface area contributed by atoms with Gasteiger partial charge in [0.15, 0.2) is 11.5 Å². The van der Waals surface area contributed by atoms with E-state index in [2.05, 4.69) is 5.32 Å². The number of fused-ring (bicyclic) bond motifs is 1. The van der Waals surface area contributed by atoms with Crippen LogP contribution < -0.4 is 20.5 Å². The van der Waals surface area contributed by atoms with Crippen LogP contribution in [-0.4, -0.2) is 12.7 Å². The maximum absolute atomic E-state index is 13.0. The lowest BCUT2D eigenvalue weighted by atomic mass is 10.1. The van der Waals surface area contributed by atoms with Crippen molar-refractivity contribution in [1.29, 1.82) is 0 Å². The number of anilines is 1. The lowest BCUT2D eigenvalue weighted by molar-refractivity contribution is 0.0951. The molecule has 0 radical (unpaired) electrons. The zero-order valence-electron chi connectivity index (χ0n) is 11.1. The highest BCUT2D eigenvalue weighted by atomic mass is 19.1. The van der Waals surface area contributed by atoms with Crippen molar-refractivity contribution < 1.29 is 18.7 Å². The second-order valence-corrected chi connectivity index (χ2v) is 4.60. The van der Waals surface area contributed by atoms with Crippen LogP contribution >= 0.6 is 0 Å². The van der Waals surface area contributed by atoms with Crippen molar-refractivity contribution >= 4 is 11.6 Å². The monoisotopic (exact) mass is 288 g/mol. The maximum Gasteiger partial charge on any atom is 0.253 e. The Kier molecular flexibility index (Phi) is 3.35. The number of nitrogens with one attached hydrogen (secondary N) is 1. The molecule has 0 saturated heterocycles. The number of rotatable bonds is 3. The van der Waals surface area contributed by atoms with Gasteiger partial charge < -0.3 is 20.5 Å². The molecule has 1 aliphatic rings. The van der Waals surface area contributed by atoms with Gasteiger partial charge in [0.1, 0.15) is 5.82 Å². The number of halogens is 1. The summed E-state index contributed by atoms with van der Waals surface area (Å²) in [5.41, 5.74) is 6.85. The highest BCUT2D eigenvalue weighted by Crippen LogP contribution is 2.32. The molecule has 108 valence electrons. The van der Waals surface area contributed by atoms with Crippen LogP contribution in [0.3, 0.4) is 0 Å². The molecule has 21 heavy (non-hydrogen) atoms.